The predicted molar refractivity (Wildman–Crippen MR) is 253 cm³/mol. The lowest BCUT2D eigenvalue weighted by molar-refractivity contribution is -0.0399. The summed E-state index contributed by atoms with van der Waals surface area (Å²) in [7, 11) is -2.58. The minimum atomic E-state index is -2.58. The number of anilines is 3. The van der Waals surface area contributed by atoms with Gasteiger partial charge in [-0.25, -0.2) is 0 Å². The Labute approximate surface area is 356 Å². The monoisotopic (exact) mass is 787 g/mol. The van der Waals surface area contributed by atoms with Crippen molar-refractivity contribution in [1.82, 2.24) is 0 Å². The van der Waals surface area contributed by atoms with E-state index in [1.54, 1.807) is 11.1 Å². The number of hydrogen-bond donors (Lipinski definition) is 0. The smallest absolute Gasteiger partial charge is 0.179 e. The van der Waals surface area contributed by atoms with Crippen molar-refractivity contribution in [1.29, 1.82) is 0 Å². The number of rotatable bonds is 8. The fourth-order valence-electron chi connectivity index (χ4n) is 13.1. The van der Waals surface area contributed by atoms with Crippen molar-refractivity contribution >= 4 is 45.9 Å². The average Bonchev–Trinajstić information content (AvgIpc) is 3.60. The Morgan fingerprint density at radius 2 is 0.767 bits per heavy atom. The lowest BCUT2D eigenvalue weighted by Crippen LogP contribution is -2.74. The van der Waals surface area contributed by atoms with Crippen molar-refractivity contribution in [2.24, 2.45) is 23.7 Å². The molecule has 1 nitrogen and oxygen atoms in total. The molecule has 5 aliphatic carbocycles. The second-order valence-electron chi connectivity index (χ2n) is 18.1. The summed E-state index contributed by atoms with van der Waals surface area (Å²) in [4.78, 5) is 2.46. The molecular formula is C58H49NSi. The molecule has 0 aromatic heterocycles. The van der Waals surface area contributed by atoms with E-state index in [4.69, 9.17) is 0 Å². The largest absolute Gasteiger partial charge is 0.310 e. The van der Waals surface area contributed by atoms with Crippen LogP contribution in [0.4, 0.5) is 17.1 Å². The van der Waals surface area contributed by atoms with Crippen LogP contribution in [0.25, 0.3) is 22.3 Å². The molecule has 4 bridgehead atoms. The normalized spacial score (nSPS) is 22.1. The van der Waals surface area contributed by atoms with E-state index in [9.17, 15) is 0 Å². The first kappa shape index (κ1) is 35.7. The molecule has 4 fully saturated rings. The van der Waals surface area contributed by atoms with Crippen LogP contribution in [0.5, 0.6) is 0 Å². The lowest BCUT2D eigenvalue weighted by Gasteiger charge is -2.61. The number of para-hydroxylation sites is 1. The summed E-state index contributed by atoms with van der Waals surface area (Å²) in [5.74, 6) is 3.41. The van der Waals surface area contributed by atoms with Crippen LogP contribution in [0.1, 0.15) is 43.2 Å². The van der Waals surface area contributed by atoms with Crippen LogP contribution in [0, 0.1) is 23.7 Å². The zero-order valence-corrected chi connectivity index (χ0v) is 35.0. The third-order valence-corrected chi connectivity index (χ3v) is 20.0. The van der Waals surface area contributed by atoms with Crippen molar-refractivity contribution in [3.63, 3.8) is 0 Å². The topological polar surface area (TPSA) is 3.24 Å². The standard InChI is InChI=1S/C58H49NSi/c1-5-15-47(16-6-1)59(49-31-34-57-55(40-49)54-23-13-14-24-56(54)58(57)45-36-41-35-42(38-45)39-46(58)37-41)48-29-25-43(26-30-48)44-27-32-53(33-28-44)60(50-17-7-2-8-18-50,51-19-9-3-10-20-51)52-21-11-4-12-22-52/h1-34,40-42,45-46H,35-39H2/t41-,42?,45-,46+,58?. The molecule has 13 rings (SSSR count). The highest BCUT2D eigenvalue weighted by Crippen LogP contribution is 2.69. The van der Waals surface area contributed by atoms with Gasteiger partial charge in [-0.2, -0.15) is 0 Å². The Morgan fingerprint density at radius 1 is 0.350 bits per heavy atom. The second-order valence-corrected chi connectivity index (χ2v) is 21.9. The fraction of sp³-hybridized carbons (Fsp3) is 0.172. The Kier molecular flexibility index (Phi) is 8.46. The van der Waals surface area contributed by atoms with Gasteiger partial charge in [-0.15, -0.1) is 0 Å². The molecule has 4 saturated carbocycles. The van der Waals surface area contributed by atoms with Crippen molar-refractivity contribution in [2.45, 2.75) is 37.5 Å². The van der Waals surface area contributed by atoms with Crippen molar-refractivity contribution < 1.29 is 0 Å². The van der Waals surface area contributed by atoms with Crippen LogP contribution in [0.3, 0.4) is 0 Å². The van der Waals surface area contributed by atoms with E-state index in [1.165, 1.54) is 92.2 Å². The molecule has 5 aliphatic rings. The Bertz CT molecular complexity index is 2670. The van der Waals surface area contributed by atoms with E-state index in [0.717, 1.165) is 23.7 Å². The maximum absolute atomic E-state index is 2.58. The van der Waals surface area contributed by atoms with Crippen LogP contribution >= 0.6 is 0 Å². The van der Waals surface area contributed by atoms with Gasteiger partial charge in [-0.3, -0.25) is 0 Å². The molecule has 2 heteroatoms. The van der Waals surface area contributed by atoms with Crippen molar-refractivity contribution in [2.75, 3.05) is 4.90 Å². The zero-order chi connectivity index (χ0) is 39.7. The highest BCUT2D eigenvalue weighted by atomic mass is 28.3. The number of fused-ring (bicyclic) bond motifs is 3. The van der Waals surface area contributed by atoms with Gasteiger partial charge in [-0.1, -0.05) is 176 Å². The first-order valence-corrected chi connectivity index (χ1v) is 24.2. The molecule has 8 aromatic carbocycles. The van der Waals surface area contributed by atoms with Gasteiger partial charge in [0.25, 0.3) is 0 Å². The summed E-state index contributed by atoms with van der Waals surface area (Å²) in [6, 6.07) is 80.2. The third-order valence-electron chi connectivity index (χ3n) is 15.2. The molecule has 0 unspecified atom stereocenters. The molecule has 0 N–H and O–H groups in total. The van der Waals surface area contributed by atoms with E-state index >= 15 is 0 Å². The SMILES string of the molecule is c1ccc(N(c2ccc(-c3ccc([Si](c4ccccc4)(c4ccccc4)c4ccccc4)cc3)cc2)c2ccc3c(c2)-c2ccccc2C32[C@H]3CC4C[C@H](C3)C[C@H]2C4)cc1. The van der Waals surface area contributed by atoms with E-state index in [1.807, 2.05) is 0 Å². The lowest BCUT2D eigenvalue weighted by atomic mass is 9.43. The van der Waals surface area contributed by atoms with Gasteiger partial charge < -0.3 is 4.90 Å². The summed E-state index contributed by atoms with van der Waals surface area (Å²) in [6.07, 6.45) is 7.10. The molecule has 0 radical (unpaired) electrons. The summed E-state index contributed by atoms with van der Waals surface area (Å²) in [6.45, 7) is 0. The molecule has 0 amide bonds. The van der Waals surface area contributed by atoms with Gasteiger partial charge >= 0.3 is 0 Å². The minimum absolute atomic E-state index is 0.179. The number of nitrogens with zero attached hydrogens (tertiary/aromatic N) is 1. The zero-order valence-electron chi connectivity index (χ0n) is 34.0. The number of benzene rings is 8. The third kappa shape index (κ3) is 5.36. The van der Waals surface area contributed by atoms with E-state index in [-0.39, 0.29) is 5.41 Å². The number of hydrogen-bond acceptors (Lipinski definition) is 1. The molecule has 0 heterocycles. The fourth-order valence-corrected chi connectivity index (χ4v) is 17.8. The summed E-state index contributed by atoms with van der Waals surface area (Å²) < 4.78 is 0. The first-order chi connectivity index (χ1) is 29.7. The molecule has 0 aliphatic heterocycles. The Hall–Kier alpha value is -6.22. The molecule has 8 aromatic rings. The van der Waals surface area contributed by atoms with Crippen molar-refractivity contribution in [3.8, 4) is 22.3 Å². The molecular weight excluding hydrogens is 739 g/mol. The summed E-state index contributed by atoms with van der Waals surface area (Å²) >= 11 is 0. The van der Waals surface area contributed by atoms with E-state index < -0.39 is 8.07 Å². The van der Waals surface area contributed by atoms with Gasteiger partial charge in [0.05, 0.1) is 0 Å². The van der Waals surface area contributed by atoms with Gasteiger partial charge in [-0.05, 0) is 146 Å². The van der Waals surface area contributed by atoms with Gasteiger partial charge in [0.1, 0.15) is 0 Å². The van der Waals surface area contributed by atoms with Gasteiger partial charge in [0.2, 0.25) is 0 Å². The van der Waals surface area contributed by atoms with Crippen LogP contribution in [0.15, 0.2) is 212 Å². The van der Waals surface area contributed by atoms with Crippen molar-refractivity contribution in [3.05, 3.63) is 223 Å². The predicted octanol–water partition coefficient (Wildman–Crippen LogP) is 11.9. The first-order valence-electron chi connectivity index (χ1n) is 22.2. The van der Waals surface area contributed by atoms with Gasteiger partial charge in [0.15, 0.2) is 8.07 Å². The molecule has 1 spiro atoms. The van der Waals surface area contributed by atoms with E-state index in [2.05, 4.69) is 217 Å². The van der Waals surface area contributed by atoms with E-state index in [0.29, 0.717) is 0 Å². The molecule has 290 valence electrons. The van der Waals surface area contributed by atoms with Crippen LogP contribution in [0.2, 0.25) is 0 Å². The quantitative estimate of drug-likeness (QED) is 0.110. The average molecular weight is 788 g/mol. The minimum Gasteiger partial charge on any atom is -0.310 e. The van der Waals surface area contributed by atoms with Crippen LogP contribution in [-0.2, 0) is 5.41 Å². The maximum atomic E-state index is 2.54. The summed E-state index contributed by atoms with van der Waals surface area (Å²) in [5.41, 5.74) is 12.3. The Morgan fingerprint density at radius 3 is 1.32 bits per heavy atom. The molecule has 60 heavy (non-hydrogen) atoms. The maximum Gasteiger partial charge on any atom is 0.179 e. The van der Waals surface area contributed by atoms with Crippen LogP contribution in [-0.4, -0.2) is 8.07 Å². The molecule has 0 atom stereocenters. The van der Waals surface area contributed by atoms with Gasteiger partial charge in [0, 0.05) is 22.5 Å². The molecule has 0 saturated heterocycles. The highest BCUT2D eigenvalue weighted by Gasteiger charge is 2.61. The second kappa shape index (κ2) is 14.2. The Balaban J connectivity index is 0.924. The van der Waals surface area contributed by atoms with Crippen LogP contribution < -0.4 is 25.6 Å². The summed E-state index contributed by atoms with van der Waals surface area (Å²) in [5, 5.41) is 5.56. The highest BCUT2D eigenvalue weighted by molar-refractivity contribution is 7.19.